The number of esters is 1. The molecule has 0 aliphatic rings. The van der Waals surface area contributed by atoms with E-state index in [4.69, 9.17) is 4.74 Å². The van der Waals surface area contributed by atoms with Crippen LogP contribution in [0.15, 0.2) is 52.7 Å². The van der Waals surface area contributed by atoms with Crippen molar-refractivity contribution in [1.82, 2.24) is 4.98 Å². The van der Waals surface area contributed by atoms with Gasteiger partial charge in [0.2, 0.25) is 0 Å². The third-order valence-corrected chi connectivity index (χ3v) is 6.12. The van der Waals surface area contributed by atoms with Crippen molar-refractivity contribution in [3.05, 3.63) is 69.1 Å². The molecule has 0 unspecified atom stereocenters. The third kappa shape index (κ3) is 5.53. The van der Waals surface area contributed by atoms with Crippen LogP contribution in [0.5, 0.6) is 0 Å². The van der Waals surface area contributed by atoms with Crippen molar-refractivity contribution in [1.29, 1.82) is 0 Å². The predicted molar refractivity (Wildman–Crippen MR) is 117 cm³/mol. The number of aromatic nitrogens is 1. The molecular weight excluding hydrogens is 458 g/mol. The molecule has 0 saturated carbocycles. The molecule has 0 spiro atoms. The SMILES string of the molecule is Cc1ccc(-c2csc(NC(=O)COC(=O)c3ccc(S(C)(=O)=O)c([N+](=O)[O-])c3)n2)cc1. The van der Waals surface area contributed by atoms with Gasteiger partial charge in [-0.15, -0.1) is 11.3 Å². The Hall–Kier alpha value is -3.64. The summed E-state index contributed by atoms with van der Waals surface area (Å²) in [5.74, 6) is -1.66. The normalized spacial score (nSPS) is 11.1. The lowest BCUT2D eigenvalue weighted by atomic mass is 10.1. The van der Waals surface area contributed by atoms with Crippen LogP contribution in [0.1, 0.15) is 15.9 Å². The standard InChI is InChI=1S/C20H17N3O7S2/c1-12-3-5-13(6-4-12)15-11-31-20(21-15)22-18(24)10-30-19(25)14-7-8-17(32(2,28)29)16(9-14)23(26)27/h3-9,11H,10H2,1-2H3,(H,21,22,24). The van der Waals surface area contributed by atoms with Gasteiger partial charge in [-0.05, 0) is 19.1 Å². The lowest BCUT2D eigenvalue weighted by Crippen LogP contribution is -2.21. The summed E-state index contributed by atoms with van der Waals surface area (Å²) in [6.45, 7) is 1.32. The first kappa shape index (κ1) is 23.0. The predicted octanol–water partition coefficient (Wildman–Crippen LogP) is 3.23. The summed E-state index contributed by atoms with van der Waals surface area (Å²) in [5.41, 5.74) is 1.67. The van der Waals surface area contributed by atoms with E-state index >= 15 is 0 Å². The minimum absolute atomic E-state index is 0.257. The Morgan fingerprint density at radius 3 is 2.50 bits per heavy atom. The van der Waals surface area contributed by atoms with Gasteiger partial charge in [-0.1, -0.05) is 29.8 Å². The maximum Gasteiger partial charge on any atom is 0.338 e. The number of thiazole rings is 1. The number of aryl methyl sites for hydroxylation is 1. The molecule has 1 heterocycles. The van der Waals surface area contributed by atoms with Crippen molar-refractivity contribution in [2.45, 2.75) is 11.8 Å². The summed E-state index contributed by atoms with van der Waals surface area (Å²) in [5, 5.41) is 15.8. The third-order valence-electron chi connectivity index (χ3n) is 4.22. The molecule has 10 nitrogen and oxygen atoms in total. The molecule has 0 aliphatic heterocycles. The van der Waals surface area contributed by atoms with Crippen LogP contribution < -0.4 is 5.32 Å². The Morgan fingerprint density at radius 1 is 1.19 bits per heavy atom. The number of amides is 1. The summed E-state index contributed by atoms with van der Waals surface area (Å²) in [6.07, 6.45) is 0.820. The van der Waals surface area contributed by atoms with Crippen molar-refractivity contribution in [2.24, 2.45) is 0 Å². The molecule has 0 atom stereocenters. The average molecular weight is 476 g/mol. The van der Waals surface area contributed by atoms with Crippen molar-refractivity contribution in [2.75, 3.05) is 18.2 Å². The molecule has 0 saturated heterocycles. The van der Waals surface area contributed by atoms with Crippen LogP contribution in [-0.4, -0.2) is 43.1 Å². The van der Waals surface area contributed by atoms with Gasteiger partial charge in [-0.25, -0.2) is 18.2 Å². The number of nitro groups is 1. The smallest absolute Gasteiger partial charge is 0.338 e. The Balaban J connectivity index is 1.63. The number of carbonyl (C=O) groups excluding carboxylic acids is 2. The summed E-state index contributed by atoms with van der Waals surface area (Å²) in [4.78, 5) is 38.3. The zero-order valence-corrected chi connectivity index (χ0v) is 18.5. The molecule has 0 fully saturated rings. The van der Waals surface area contributed by atoms with Crippen LogP contribution in [0.25, 0.3) is 11.3 Å². The van der Waals surface area contributed by atoms with Gasteiger partial charge in [0.1, 0.15) is 4.90 Å². The minimum Gasteiger partial charge on any atom is -0.452 e. The van der Waals surface area contributed by atoms with Gasteiger partial charge in [0.05, 0.1) is 16.2 Å². The number of hydrogen-bond acceptors (Lipinski definition) is 9. The Bertz CT molecular complexity index is 1300. The highest BCUT2D eigenvalue weighted by atomic mass is 32.2. The van der Waals surface area contributed by atoms with Gasteiger partial charge >= 0.3 is 5.97 Å². The molecule has 1 N–H and O–H groups in total. The van der Waals surface area contributed by atoms with Crippen molar-refractivity contribution in [3.8, 4) is 11.3 Å². The van der Waals surface area contributed by atoms with E-state index in [1.165, 1.54) is 11.3 Å². The number of ether oxygens (including phenoxy) is 1. The second-order valence-corrected chi connectivity index (χ2v) is 9.58. The number of nitrogens with zero attached hydrogens (tertiary/aromatic N) is 2. The van der Waals surface area contributed by atoms with Gasteiger partial charge < -0.3 is 4.74 Å². The van der Waals surface area contributed by atoms with Crippen molar-refractivity contribution >= 4 is 43.9 Å². The lowest BCUT2D eigenvalue weighted by Gasteiger charge is -2.06. The molecule has 12 heteroatoms. The number of sulfone groups is 1. The van der Waals surface area contributed by atoms with Gasteiger partial charge in [0.15, 0.2) is 21.6 Å². The van der Waals surface area contributed by atoms with Crippen LogP contribution in [0.4, 0.5) is 10.8 Å². The van der Waals surface area contributed by atoms with E-state index in [9.17, 15) is 28.1 Å². The first-order valence-corrected chi connectivity index (χ1v) is 11.8. The van der Waals surface area contributed by atoms with Crippen LogP contribution >= 0.6 is 11.3 Å². The largest absolute Gasteiger partial charge is 0.452 e. The molecule has 3 rings (SSSR count). The highest BCUT2D eigenvalue weighted by Crippen LogP contribution is 2.26. The first-order valence-electron chi connectivity index (χ1n) is 9.02. The first-order chi connectivity index (χ1) is 15.0. The quantitative estimate of drug-likeness (QED) is 0.311. The van der Waals surface area contributed by atoms with E-state index in [2.05, 4.69) is 10.3 Å². The van der Waals surface area contributed by atoms with Crippen LogP contribution in [0.3, 0.4) is 0 Å². The number of hydrogen-bond donors (Lipinski definition) is 1. The van der Waals surface area contributed by atoms with E-state index in [1.54, 1.807) is 5.38 Å². The van der Waals surface area contributed by atoms with Crippen LogP contribution in [0.2, 0.25) is 0 Å². The second kappa shape index (κ2) is 9.24. The summed E-state index contributed by atoms with van der Waals surface area (Å²) in [7, 11) is -3.87. The van der Waals surface area contributed by atoms with E-state index < -0.39 is 43.8 Å². The molecular formula is C20H17N3O7S2. The number of rotatable bonds is 7. The van der Waals surface area contributed by atoms with E-state index in [1.807, 2.05) is 31.2 Å². The maximum atomic E-state index is 12.2. The Kier molecular flexibility index (Phi) is 6.65. The molecule has 1 amide bonds. The summed E-state index contributed by atoms with van der Waals surface area (Å²) >= 11 is 1.20. The highest BCUT2D eigenvalue weighted by Gasteiger charge is 2.24. The monoisotopic (exact) mass is 475 g/mol. The zero-order chi connectivity index (χ0) is 23.5. The average Bonchev–Trinajstić information content (AvgIpc) is 3.19. The number of benzene rings is 2. The minimum atomic E-state index is -3.87. The number of nitro benzene ring substituents is 1. The van der Waals surface area contributed by atoms with E-state index in [0.717, 1.165) is 35.6 Å². The highest BCUT2D eigenvalue weighted by molar-refractivity contribution is 7.90. The second-order valence-electron chi connectivity index (χ2n) is 6.74. The molecule has 0 aliphatic carbocycles. The van der Waals surface area contributed by atoms with Gasteiger partial charge in [0, 0.05) is 23.3 Å². The number of nitrogens with one attached hydrogen (secondary N) is 1. The Labute approximate surface area is 186 Å². The molecule has 166 valence electrons. The molecule has 3 aromatic rings. The molecule has 1 aromatic heterocycles. The Morgan fingerprint density at radius 2 is 1.88 bits per heavy atom. The lowest BCUT2D eigenvalue weighted by molar-refractivity contribution is -0.387. The zero-order valence-electron chi connectivity index (χ0n) is 16.9. The van der Waals surface area contributed by atoms with E-state index in [-0.39, 0.29) is 5.56 Å². The van der Waals surface area contributed by atoms with Crippen molar-refractivity contribution in [3.63, 3.8) is 0 Å². The number of anilines is 1. The van der Waals surface area contributed by atoms with Gasteiger partial charge in [-0.3, -0.25) is 20.2 Å². The van der Waals surface area contributed by atoms with Gasteiger partial charge in [-0.2, -0.15) is 0 Å². The van der Waals surface area contributed by atoms with Crippen molar-refractivity contribution < 1.29 is 27.7 Å². The fourth-order valence-corrected chi connectivity index (χ4v) is 4.22. The molecule has 0 radical (unpaired) electrons. The van der Waals surface area contributed by atoms with Crippen LogP contribution in [-0.2, 0) is 19.4 Å². The molecule has 32 heavy (non-hydrogen) atoms. The molecule has 0 bridgehead atoms. The topological polar surface area (TPSA) is 146 Å². The summed E-state index contributed by atoms with van der Waals surface area (Å²) < 4.78 is 28.2. The fourth-order valence-electron chi connectivity index (χ4n) is 2.66. The maximum absolute atomic E-state index is 12.2. The van der Waals surface area contributed by atoms with E-state index in [0.29, 0.717) is 10.8 Å². The van der Waals surface area contributed by atoms with Crippen LogP contribution in [0, 0.1) is 17.0 Å². The fraction of sp³-hybridized carbons (Fsp3) is 0.150. The van der Waals surface area contributed by atoms with Gasteiger partial charge in [0.25, 0.3) is 11.6 Å². The summed E-state index contributed by atoms with van der Waals surface area (Å²) in [6, 6.07) is 10.5. The number of carbonyl (C=O) groups is 2. The molecule has 2 aromatic carbocycles.